The maximum Gasteiger partial charge on any atom is 0.262 e. The van der Waals surface area contributed by atoms with Crippen LogP contribution in [-0.2, 0) is 9.59 Å². The van der Waals surface area contributed by atoms with Gasteiger partial charge in [0.2, 0.25) is 12.7 Å². The molecule has 3 aromatic rings. The van der Waals surface area contributed by atoms with Gasteiger partial charge in [0.1, 0.15) is 5.25 Å². The number of nitrogens with zero attached hydrogens (tertiary/aromatic N) is 3. The summed E-state index contributed by atoms with van der Waals surface area (Å²) in [4.78, 5) is 29.9. The number of aliphatic imine (C=N–C) groups is 1. The number of carbonyl (C=O) groups is 2. The van der Waals surface area contributed by atoms with Crippen molar-refractivity contribution in [3.63, 3.8) is 0 Å². The molecule has 3 aliphatic heterocycles. The molecule has 0 unspecified atom stereocenters. The lowest BCUT2D eigenvalue weighted by molar-refractivity contribution is -0.121. The van der Waals surface area contributed by atoms with Gasteiger partial charge in [0.15, 0.2) is 16.7 Å². The summed E-state index contributed by atoms with van der Waals surface area (Å²) in [5.41, 5.74) is 4.83. The van der Waals surface area contributed by atoms with Crippen molar-refractivity contribution in [2.75, 3.05) is 12.1 Å². The normalized spacial score (nSPS) is 20.1. The molecular formula is C28H24N4O4S. The molecule has 0 radical (unpaired) electrons. The van der Waals surface area contributed by atoms with Gasteiger partial charge in [-0.3, -0.25) is 9.59 Å². The van der Waals surface area contributed by atoms with Gasteiger partial charge in [0.25, 0.3) is 5.91 Å². The Hall–Kier alpha value is -4.11. The molecule has 3 aliphatic rings. The topological polar surface area (TPSA) is 92.6 Å². The molecule has 0 bridgehead atoms. The lowest BCUT2D eigenvalue weighted by Crippen LogP contribution is -2.25. The first-order valence-corrected chi connectivity index (χ1v) is 12.9. The largest absolute Gasteiger partial charge is 0.454 e. The maximum absolute atomic E-state index is 12.8. The Kier molecular flexibility index (Phi) is 6.13. The van der Waals surface area contributed by atoms with Gasteiger partial charge in [-0.1, -0.05) is 71.9 Å². The maximum atomic E-state index is 12.8. The number of rotatable bonds is 5. The van der Waals surface area contributed by atoms with Crippen molar-refractivity contribution in [2.45, 2.75) is 31.1 Å². The molecule has 37 heavy (non-hydrogen) atoms. The lowest BCUT2D eigenvalue weighted by atomic mass is 9.98. The third-order valence-electron chi connectivity index (χ3n) is 6.43. The van der Waals surface area contributed by atoms with Crippen LogP contribution in [0.2, 0.25) is 0 Å². The number of ether oxygens (including phenoxy) is 2. The van der Waals surface area contributed by atoms with Crippen LogP contribution in [0.1, 0.15) is 35.6 Å². The van der Waals surface area contributed by atoms with Gasteiger partial charge in [-0.05, 0) is 30.2 Å². The minimum Gasteiger partial charge on any atom is -0.454 e. The van der Waals surface area contributed by atoms with Crippen LogP contribution in [0.15, 0.2) is 82.9 Å². The first-order valence-electron chi connectivity index (χ1n) is 12.0. The van der Waals surface area contributed by atoms with Crippen LogP contribution in [-0.4, -0.2) is 39.7 Å². The second kappa shape index (κ2) is 9.74. The molecule has 6 rings (SSSR count). The van der Waals surface area contributed by atoms with E-state index in [1.807, 2.05) is 35.3 Å². The van der Waals surface area contributed by atoms with E-state index in [4.69, 9.17) is 14.6 Å². The van der Waals surface area contributed by atoms with Crippen LogP contribution in [0, 0.1) is 6.92 Å². The van der Waals surface area contributed by atoms with Crippen LogP contribution in [0.4, 0.5) is 5.69 Å². The van der Waals surface area contributed by atoms with Crippen LogP contribution < -0.4 is 14.8 Å². The minimum atomic E-state index is -0.612. The second-order valence-electron chi connectivity index (χ2n) is 9.05. The molecule has 3 heterocycles. The van der Waals surface area contributed by atoms with Crippen LogP contribution >= 0.6 is 11.8 Å². The first-order chi connectivity index (χ1) is 18.0. The van der Waals surface area contributed by atoms with Gasteiger partial charge in [-0.15, -0.1) is 0 Å². The summed E-state index contributed by atoms with van der Waals surface area (Å²) in [7, 11) is 0. The van der Waals surface area contributed by atoms with Crippen molar-refractivity contribution in [2.24, 2.45) is 10.1 Å². The van der Waals surface area contributed by atoms with Gasteiger partial charge < -0.3 is 14.8 Å². The van der Waals surface area contributed by atoms with Crippen molar-refractivity contribution in [1.82, 2.24) is 5.01 Å². The molecule has 2 atom stereocenters. The van der Waals surface area contributed by atoms with Gasteiger partial charge in [-0.2, -0.15) is 10.1 Å². The number of hydrazone groups is 1. The number of nitrogens with one attached hydrogen (secondary N) is 1. The average Bonchev–Trinajstić information content (AvgIpc) is 3.64. The lowest BCUT2D eigenvalue weighted by Gasteiger charge is -2.23. The predicted octanol–water partition coefficient (Wildman–Crippen LogP) is 4.90. The summed E-state index contributed by atoms with van der Waals surface area (Å²) in [5, 5.41) is 9.47. The number of amidine groups is 1. The predicted molar refractivity (Wildman–Crippen MR) is 143 cm³/mol. The average molecular weight is 513 g/mol. The van der Waals surface area contributed by atoms with Crippen molar-refractivity contribution < 1.29 is 19.1 Å². The van der Waals surface area contributed by atoms with Crippen LogP contribution in [0.3, 0.4) is 0 Å². The molecule has 0 fully saturated rings. The van der Waals surface area contributed by atoms with E-state index in [0.717, 1.165) is 16.8 Å². The van der Waals surface area contributed by atoms with E-state index in [1.165, 1.54) is 17.3 Å². The Labute approximate surface area is 218 Å². The molecule has 0 spiro atoms. The van der Waals surface area contributed by atoms with E-state index in [-0.39, 0.29) is 31.1 Å². The van der Waals surface area contributed by atoms with Crippen LogP contribution in [0.5, 0.6) is 11.5 Å². The number of anilines is 1. The highest BCUT2D eigenvalue weighted by molar-refractivity contribution is 8.15. The molecule has 0 aliphatic carbocycles. The van der Waals surface area contributed by atoms with Crippen LogP contribution in [0.25, 0.3) is 0 Å². The summed E-state index contributed by atoms with van der Waals surface area (Å²) in [6.45, 7) is 2.21. The van der Waals surface area contributed by atoms with Crippen molar-refractivity contribution in [1.29, 1.82) is 0 Å². The van der Waals surface area contributed by atoms with Crippen molar-refractivity contribution in [3.05, 3.63) is 89.5 Å². The Morgan fingerprint density at radius 2 is 1.84 bits per heavy atom. The molecule has 9 heteroatoms. The van der Waals surface area contributed by atoms with Gasteiger partial charge in [0.05, 0.1) is 11.8 Å². The Bertz CT molecular complexity index is 1420. The molecule has 186 valence electrons. The summed E-state index contributed by atoms with van der Waals surface area (Å²) >= 11 is 1.29. The van der Waals surface area contributed by atoms with Crippen molar-refractivity contribution >= 4 is 40.1 Å². The number of amides is 2. The fourth-order valence-electron chi connectivity index (χ4n) is 4.50. The fraction of sp³-hybridized carbons (Fsp3) is 0.214. The molecular weight excluding hydrogens is 488 g/mol. The smallest absolute Gasteiger partial charge is 0.262 e. The van der Waals surface area contributed by atoms with Gasteiger partial charge in [-0.25, -0.2) is 5.01 Å². The zero-order valence-corrected chi connectivity index (χ0v) is 20.9. The first kappa shape index (κ1) is 23.3. The molecule has 0 saturated carbocycles. The molecule has 0 saturated heterocycles. The van der Waals surface area contributed by atoms with E-state index >= 15 is 0 Å². The number of hydrogen-bond donors (Lipinski definition) is 1. The van der Waals surface area contributed by atoms with E-state index in [9.17, 15) is 9.59 Å². The highest BCUT2D eigenvalue weighted by atomic mass is 32.2. The zero-order valence-electron chi connectivity index (χ0n) is 20.1. The molecule has 2 amide bonds. The van der Waals surface area contributed by atoms with Gasteiger partial charge in [0, 0.05) is 24.6 Å². The number of fused-ring (bicyclic) bond motifs is 1. The van der Waals surface area contributed by atoms with E-state index < -0.39 is 5.25 Å². The van der Waals surface area contributed by atoms with E-state index in [2.05, 4.69) is 41.5 Å². The number of benzene rings is 3. The molecule has 1 N–H and O–H groups in total. The number of thioether (sulfide) groups is 1. The quantitative estimate of drug-likeness (QED) is 0.523. The number of aryl methyl sites for hydroxylation is 1. The Morgan fingerprint density at radius 1 is 1.05 bits per heavy atom. The highest BCUT2D eigenvalue weighted by Crippen LogP contribution is 2.39. The third-order valence-corrected chi connectivity index (χ3v) is 7.57. The highest BCUT2D eigenvalue weighted by Gasteiger charge is 2.39. The third kappa shape index (κ3) is 4.82. The van der Waals surface area contributed by atoms with E-state index in [1.54, 1.807) is 18.2 Å². The Morgan fingerprint density at radius 3 is 2.65 bits per heavy atom. The monoisotopic (exact) mass is 512 g/mol. The summed E-state index contributed by atoms with van der Waals surface area (Å²) in [6.07, 6.45) is 0.694. The minimum absolute atomic E-state index is 0.00321. The molecule has 0 aromatic heterocycles. The SMILES string of the molecule is Cc1ccc([C@@H]2CC(c3ccccc3)=NN2C2=NC(=O)[C@@H](CC(=O)Nc3ccc4c(c3)OCO4)S2)cc1. The molecule has 3 aromatic carbocycles. The summed E-state index contributed by atoms with van der Waals surface area (Å²) < 4.78 is 10.7. The number of carbonyl (C=O) groups excluding carboxylic acids is 2. The van der Waals surface area contributed by atoms with Gasteiger partial charge >= 0.3 is 0 Å². The Balaban J connectivity index is 1.18. The second-order valence-corrected chi connectivity index (χ2v) is 10.2. The molecule has 8 nitrogen and oxygen atoms in total. The number of hydrogen-bond acceptors (Lipinski definition) is 7. The standard InChI is InChI=1S/C28H24N4O4S/c1-17-7-9-19(10-8-17)22-14-21(18-5-3-2-4-6-18)31-32(22)28-30-27(34)25(37-28)15-26(33)29-20-11-12-23-24(13-20)36-16-35-23/h2-13,22,25H,14-16H2,1H3,(H,29,33)/t22-,25+/m0/s1. The summed E-state index contributed by atoms with van der Waals surface area (Å²) in [5.74, 6) is 0.623. The fourth-order valence-corrected chi connectivity index (χ4v) is 5.56. The zero-order chi connectivity index (χ0) is 25.4. The van der Waals surface area contributed by atoms with E-state index in [0.29, 0.717) is 28.8 Å². The van der Waals surface area contributed by atoms with Crippen molar-refractivity contribution in [3.8, 4) is 11.5 Å². The summed E-state index contributed by atoms with van der Waals surface area (Å²) in [6, 6.07) is 23.5.